The molecule has 1 heterocycles. The number of carbonyl (C=O) groups is 1. The van der Waals surface area contributed by atoms with Crippen molar-refractivity contribution in [3.63, 3.8) is 0 Å². The highest BCUT2D eigenvalue weighted by atomic mass is 16.3. The van der Waals surface area contributed by atoms with E-state index in [1.54, 1.807) is 0 Å². The maximum absolute atomic E-state index is 12.4. The van der Waals surface area contributed by atoms with Gasteiger partial charge in [0.2, 0.25) is 5.91 Å². The van der Waals surface area contributed by atoms with Crippen molar-refractivity contribution in [2.24, 2.45) is 11.8 Å². The van der Waals surface area contributed by atoms with Crippen LogP contribution in [0.1, 0.15) is 65.2 Å². The third-order valence-corrected chi connectivity index (χ3v) is 5.24. The summed E-state index contributed by atoms with van der Waals surface area (Å²) in [5.41, 5.74) is 0. The van der Waals surface area contributed by atoms with E-state index in [9.17, 15) is 9.90 Å². The van der Waals surface area contributed by atoms with Gasteiger partial charge in [-0.3, -0.25) is 4.79 Å². The van der Waals surface area contributed by atoms with Crippen molar-refractivity contribution in [3.05, 3.63) is 0 Å². The second-order valence-corrected chi connectivity index (χ2v) is 7.21. The Morgan fingerprint density at radius 3 is 2.67 bits per heavy atom. The first-order valence-corrected chi connectivity index (χ1v) is 8.78. The number of aliphatic hydroxyl groups is 1. The van der Waals surface area contributed by atoms with Crippen LogP contribution in [-0.4, -0.2) is 35.7 Å². The summed E-state index contributed by atoms with van der Waals surface area (Å²) in [4.78, 5) is 12.4. The van der Waals surface area contributed by atoms with Gasteiger partial charge in [-0.05, 0) is 32.1 Å². The summed E-state index contributed by atoms with van der Waals surface area (Å²) in [7, 11) is 0. The van der Waals surface area contributed by atoms with E-state index in [2.05, 4.69) is 17.6 Å². The highest BCUT2D eigenvalue weighted by Crippen LogP contribution is 2.29. The molecule has 4 nitrogen and oxygen atoms in total. The molecule has 0 bridgehead atoms. The number of rotatable bonds is 4. The van der Waals surface area contributed by atoms with Crippen molar-refractivity contribution in [1.82, 2.24) is 10.6 Å². The lowest BCUT2D eigenvalue weighted by Crippen LogP contribution is -2.47. The fourth-order valence-electron chi connectivity index (χ4n) is 3.71. The summed E-state index contributed by atoms with van der Waals surface area (Å²) in [6.45, 7) is 4.74. The van der Waals surface area contributed by atoms with Gasteiger partial charge in [0.1, 0.15) is 0 Å². The molecule has 0 aromatic carbocycles. The maximum Gasteiger partial charge on any atom is 0.223 e. The van der Waals surface area contributed by atoms with Gasteiger partial charge in [0.15, 0.2) is 0 Å². The van der Waals surface area contributed by atoms with Crippen LogP contribution in [0.15, 0.2) is 0 Å². The first-order valence-electron chi connectivity index (χ1n) is 8.78. The molecule has 21 heavy (non-hydrogen) atoms. The average Bonchev–Trinajstić information content (AvgIpc) is 2.63. The first kappa shape index (κ1) is 16.8. The minimum absolute atomic E-state index is 0.0638. The van der Waals surface area contributed by atoms with Crippen LogP contribution in [0.4, 0.5) is 0 Å². The summed E-state index contributed by atoms with van der Waals surface area (Å²) in [6.07, 6.45) is 8.96. The van der Waals surface area contributed by atoms with Crippen molar-refractivity contribution in [1.29, 1.82) is 0 Å². The van der Waals surface area contributed by atoms with E-state index in [1.807, 2.05) is 6.92 Å². The van der Waals surface area contributed by atoms with Crippen LogP contribution in [0.25, 0.3) is 0 Å². The van der Waals surface area contributed by atoms with Crippen molar-refractivity contribution < 1.29 is 9.90 Å². The Morgan fingerprint density at radius 1 is 1.24 bits per heavy atom. The SMILES string of the molecule is C[C@@H]1CC[C@H](NC(=O)[C@@H](C)CC2CCCCC2)[C@H](O)CN1. The molecular weight excluding hydrogens is 264 g/mol. The van der Waals surface area contributed by atoms with Crippen molar-refractivity contribution in [2.45, 2.75) is 83.4 Å². The zero-order valence-electron chi connectivity index (χ0n) is 13.6. The number of amides is 1. The molecular formula is C17H32N2O2. The number of hydrogen-bond donors (Lipinski definition) is 3. The Labute approximate surface area is 129 Å². The fourth-order valence-corrected chi connectivity index (χ4v) is 3.71. The van der Waals surface area contributed by atoms with Gasteiger partial charge < -0.3 is 15.7 Å². The second-order valence-electron chi connectivity index (χ2n) is 7.21. The topological polar surface area (TPSA) is 61.4 Å². The highest BCUT2D eigenvalue weighted by molar-refractivity contribution is 5.78. The van der Waals surface area contributed by atoms with Crippen LogP contribution in [0.3, 0.4) is 0 Å². The minimum atomic E-state index is -0.471. The lowest BCUT2D eigenvalue weighted by Gasteiger charge is -2.27. The Morgan fingerprint density at radius 2 is 1.95 bits per heavy atom. The molecule has 0 radical (unpaired) electrons. The third kappa shape index (κ3) is 5.26. The van der Waals surface area contributed by atoms with Gasteiger partial charge in [0, 0.05) is 18.5 Å². The predicted molar refractivity (Wildman–Crippen MR) is 85.0 cm³/mol. The number of carbonyl (C=O) groups excluding carboxylic acids is 1. The monoisotopic (exact) mass is 296 g/mol. The van der Waals surface area contributed by atoms with Crippen LogP contribution in [0.5, 0.6) is 0 Å². The lowest BCUT2D eigenvalue weighted by atomic mass is 9.83. The molecule has 0 aromatic rings. The Bertz CT molecular complexity index is 329. The van der Waals surface area contributed by atoms with Crippen LogP contribution in [0.2, 0.25) is 0 Å². The largest absolute Gasteiger partial charge is 0.390 e. The minimum Gasteiger partial charge on any atom is -0.390 e. The molecule has 4 heteroatoms. The zero-order chi connectivity index (χ0) is 15.2. The van der Waals surface area contributed by atoms with Crippen LogP contribution in [0, 0.1) is 11.8 Å². The first-order chi connectivity index (χ1) is 10.1. The summed E-state index contributed by atoms with van der Waals surface area (Å²) in [5.74, 6) is 0.911. The van der Waals surface area contributed by atoms with Gasteiger partial charge in [-0.25, -0.2) is 0 Å². The summed E-state index contributed by atoms with van der Waals surface area (Å²) >= 11 is 0. The van der Waals surface area contributed by atoms with E-state index < -0.39 is 6.10 Å². The summed E-state index contributed by atoms with van der Waals surface area (Å²) in [6, 6.07) is 0.324. The van der Waals surface area contributed by atoms with Crippen LogP contribution >= 0.6 is 0 Å². The van der Waals surface area contributed by atoms with E-state index >= 15 is 0 Å². The summed E-state index contributed by atoms with van der Waals surface area (Å²) in [5, 5.41) is 16.5. The Hall–Kier alpha value is -0.610. The molecule has 0 unspecified atom stereocenters. The van der Waals surface area contributed by atoms with E-state index in [0.29, 0.717) is 12.6 Å². The molecule has 3 N–H and O–H groups in total. The van der Waals surface area contributed by atoms with Gasteiger partial charge >= 0.3 is 0 Å². The van der Waals surface area contributed by atoms with E-state index in [0.717, 1.165) is 25.2 Å². The lowest BCUT2D eigenvalue weighted by molar-refractivity contribution is -0.126. The molecule has 2 rings (SSSR count). The number of β-amino-alcohol motifs (C(OH)–C–C–N with tert-alkyl or cyclic N) is 1. The Balaban J connectivity index is 1.78. The normalized spacial score (nSPS) is 33.2. The maximum atomic E-state index is 12.4. The molecule has 1 saturated carbocycles. The summed E-state index contributed by atoms with van der Waals surface area (Å²) < 4.78 is 0. The molecule has 0 aromatic heterocycles. The highest BCUT2D eigenvalue weighted by Gasteiger charge is 2.28. The number of aliphatic hydroxyl groups excluding tert-OH is 1. The van der Waals surface area contributed by atoms with Gasteiger partial charge in [0.05, 0.1) is 12.1 Å². The van der Waals surface area contributed by atoms with Crippen molar-refractivity contribution >= 4 is 5.91 Å². The van der Waals surface area contributed by atoms with Crippen molar-refractivity contribution in [2.75, 3.05) is 6.54 Å². The Kier molecular flexibility index (Phi) is 6.49. The number of hydrogen-bond acceptors (Lipinski definition) is 3. The molecule has 1 amide bonds. The van der Waals surface area contributed by atoms with Crippen LogP contribution in [-0.2, 0) is 4.79 Å². The smallest absolute Gasteiger partial charge is 0.223 e. The van der Waals surface area contributed by atoms with Gasteiger partial charge in [0.25, 0.3) is 0 Å². The third-order valence-electron chi connectivity index (χ3n) is 5.24. The second kappa shape index (κ2) is 8.14. The molecule has 4 atom stereocenters. The molecule has 2 fully saturated rings. The van der Waals surface area contributed by atoms with Gasteiger partial charge in [-0.2, -0.15) is 0 Å². The number of nitrogens with one attached hydrogen (secondary N) is 2. The average molecular weight is 296 g/mol. The molecule has 1 saturated heterocycles. The molecule has 1 aliphatic heterocycles. The fraction of sp³-hybridized carbons (Fsp3) is 0.941. The van der Waals surface area contributed by atoms with Crippen molar-refractivity contribution in [3.8, 4) is 0 Å². The predicted octanol–water partition coefficient (Wildman–Crippen LogP) is 2.21. The zero-order valence-corrected chi connectivity index (χ0v) is 13.6. The standard InChI is InChI=1S/C17H32N2O2/c1-12(10-14-6-4-3-5-7-14)17(21)19-15-9-8-13(2)18-11-16(15)20/h12-16,18,20H,3-11H2,1-2H3,(H,19,21)/t12-,13+,15-,16+/m0/s1. The van der Waals surface area contributed by atoms with E-state index in [1.165, 1.54) is 32.1 Å². The molecule has 0 spiro atoms. The molecule has 2 aliphatic rings. The quantitative estimate of drug-likeness (QED) is 0.745. The molecule has 1 aliphatic carbocycles. The van der Waals surface area contributed by atoms with Gasteiger partial charge in [-0.1, -0.05) is 39.0 Å². The van der Waals surface area contributed by atoms with E-state index in [-0.39, 0.29) is 17.9 Å². The molecule has 122 valence electrons. The van der Waals surface area contributed by atoms with Gasteiger partial charge in [-0.15, -0.1) is 0 Å². The van der Waals surface area contributed by atoms with Crippen LogP contribution < -0.4 is 10.6 Å². The van der Waals surface area contributed by atoms with E-state index in [4.69, 9.17) is 0 Å².